The highest BCUT2D eigenvalue weighted by molar-refractivity contribution is 8.01. The second-order valence-corrected chi connectivity index (χ2v) is 8.48. The summed E-state index contributed by atoms with van der Waals surface area (Å²) in [5, 5.41) is 11.9. The summed E-state index contributed by atoms with van der Waals surface area (Å²) >= 11 is 1.33. The van der Waals surface area contributed by atoms with E-state index in [-0.39, 0.29) is 13.2 Å². The van der Waals surface area contributed by atoms with Crippen LogP contribution in [0.25, 0.3) is 0 Å². The van der Waals surface area contributed by atoms with Crippen LogP contribution in [-0.4, -0.2) is 62.6 Å². The number of β-lactam (4-membered cyclic amide) rings is 1. The predicted molar refractivity (Wildman–Crippen MR) is 95.6 cm³/mol. The Morgan fingerprint density at radius 1 is 1.35 bits per heavy atom. The number of nitrogens with two attached hydrogens (primary N) is 1. The molecule has 3 atom stereocenters. The molecule has 0 saturated carbocycles. The smallest absolute Gasteiger partial charge is 0.332 e. The first-order valence-corrected chi connectivity index (χ1v) is 9.04. The minimum atomic E-state index is -1.48. The topological polar surface area (TPSA) is 122 Å². The molecule has 0 aromatic heterocycles. The lowest BCUT2D eigenvalue weighted by molar-refractivity contribution is -0.171. The maximum absolute atomic E-state index is 12.6. The van der Waals surface area contributed by atoms with Gasteiger partial charge in [0.15, 0.2) is 12.1 Å². The van der Waals surface area contributed by atoms with Gasteiger partial charge in [-0.3, -0.25) is 9.59 Å². The minimum Gasteiger partial charge on any atom is -0.484 e. The molecular weight excluding hydrogens is 358 g/mol. The van der Waals surface area contributed by atoms with E-state index in [0.717, 1.165) is 0 Å². The van der Waals surface area contributed by atoms with E-state index in [4.69, 9.17) is 10.5 Å². The number of hydrogen-bond donors (Lipinski definition) is 3. The van der Waals surface area contributed by atoms with E-state index in [1.165, 1.54) is 16.7 Å². The zero-order valence-electron chi connectivity index (χ0n) is 14.5. The molecule has 3 rings (SSSR count). The summed E-state index contributed by atoms with van der Waals surface area (Å²) in [6.45, 7) is 3.08. The lowest BCUT2D eigenvalue weighted by Crippen LogP contribution is -2.77. The summed E-state index contributed by atoms with van der Waals surface area (Å²) in [4.78, 5) is 37.9. The fourth-order valence-electron chi connectivity index (χ4n) is 3.49. The fourth-order valence-corrected chi connectivity index (χ4v) is 5.26. The van der Waals surface area contributed by atoms with E-state index in [1.807, 2.05) is 6.07 Å². The summed E-state index contributed by atoms with van der Waals surface area (Å²) in [6, 6.07) is 8.08. The van der Waals surface area contributed by atoms with Gasteiger partial charge in [-0.05, 0) is 26.0 Å². The number of hydrogen-bond acceptors (Lipinski definition) is 6. The number of carboxylic acid groups (broad SMARTS) is 1. The third kappa shape index (κ3) is 2.62. The number of carbonyl (C=O) groups excluding carboxylic acids is 2. The zero-order valence-corrected chi connectivity index (χ0v) is 15.3. The molecule has 0 bridgehead atoms. The van der Waals surface area contributed by atoms with Crippen LogP contribution in [0, 0.1) is 0 Å². The summed E-state index contributed by atoms with van der Waals surface area (Å²) < 4.78 is 4.58. The highest BCUT2D eigenvalue weighted by Gasteiger charge is 2.72. The SMILES string of the molecule is CC1(C)S[C@@H]2[C@@H](NC(=O)COc3ccccc3)C(=O)N2[C@@]1(CN)C(=O)O. The third-order valence-electron chi connectivity index (χ3n) is 4.94. The number of rotatable bonds is 6. The molecule has 1 aromatic rings. The number of carbonyl (C=O) groups is 3. The molecule has 2 heterocycles. The lowest BCUT2D eigenvalue weighted by atomic mass is 9.81. The molecular formula is C17H21N3O5S. The van der Waals surface area contributed by atoms with Gasteiger partial charge in [-0.2, -0.15) is 0 Å². The van der Waals surface area contributed by atoms with Gasteiger partial charge in [0.25, 0.3) is 5.91 Å². The normalized spacial score (nSPS) is 28.9. The summed E-state index contributed by atoms with van der Waals surface area (Å²) in [6.07, 6.45) is 0. The van der Waals surface area contributed by atoms with Crippen molar-refractivity contribution in [3.8, 4) is 5.75 Å². The van der Waals surface area contributed by atoms with Crippen molar-refractivity contribution < 1.29 is 24.2 Å². The molecule has 1 aromatic carbocycles. The Kier molecular flexibility index (Phi) is 4.61. The molecule has 9 heteroatoms. The van der Waals surface area contributed by atoms with Crippen LogP contribution in [0.5, 0.6) is 5.75 Å². The quantitative estimate of drug-likeness (QED) is 0.596. The molecule has 4 N–H and O–H groups in total. The number of amides is 2. The van der Waals surface area contributed by atoms with E-state index in [9.17, 15) is 19.5 Å². The number of benzene rings is 1. The molecule has 2 aliphatic heterocycles. The van der Waals surface area contributed by atoms with Gasteiger partial charge in [0.2, 0.25) is 5.91 Å². The number of carboxylic acids is 1. The Hall–Kier alpha value is -2.26. The molecule has 0 radical (unpaired) electrons. The second kappa shape index (κ2) is 6.48. The van der Waals surface area contributed by atoms with Gasteiger partial charge in [0, 0.05) is 11.3 Å². The van der Waals surface area contributed by atoms with Gasteiger partial charge in [0.05, 0.1) is 0 Å². The van der Waals surface area contributed by atoms with Crippen molar-refractivity contribution in [1.82, 2.24) is 10.2 Å². The van der Waals surface area contributed by atoms with Crippen LogP contribution in [0.2, 0.25) is 0 Å². The van der Waals surface area contributed by atoms with E-state index in [2.05, 4.69) is 5.32 Å². The summed E-state index contributed by atoms with van der Waals surface area (Å²) in [5.74, 6) is -1.46. The Morgan fingerprint density at radius 2 is 2.00 bits per heavy atom. The predicted octanol–water partition coefficient (Wildman–Crippen LogP) is 0.0260. The van der Waals surface area contributed by atoms with Gasteiger partial charge in [-0.1, -0.05) is 18.2 Å². The number of nitrogens with zero attached hydrogens (tertiary/aromatic N) is 1. The van der Waals surface area contributed by atoms with Crippen LogP contribution in [0.4, 0.5) is 0 Å². The van der Waals surface area contributed by atoms with Crippen LogP contribution in [0.15, 0.2) is 30.3 Å². The Morgan fingerprint density at radius 3 is 2.58 bits per heavy atom. The van der Waals surface area contributed by atoms with Crippen molar-refractivity contribution in [1.29, 1.82) is 0 Å². The van der Waals surface area contributed by atoms with E-state index >= 15 is 0 Å². The van der Waals surface area contributed by atoms with Crippen LogP contribution in [0.1, 0.15) is 13.8 Å². The van der Waals surface area contributed by atoms with Gasteiger partial charge in [0.1, 0.15) is 17.2 Å². The highest BCUT2D eigenvalue weighted by Crippen LogP contribution is 2.56. The number of para-hydroxylation sites is 1. The van der Waals surface area contributed by atoms with Crippen molar-refractivity contribution in [2.45, 2.75) is 35.5 Å². The lowest BCUT2D eigenvalue weighted by Gasteiger charge is -2.49. The first-order valence-electron chi connectivity index (χ1n) is 8.16. The first kappa shape index (κ1) is 18.5. The summed E-state index contributed by atoms with van der Waals surface area (Å²) in [7, 11) is 0. The number of thioether (sulfide) groups is 1. The molecule has 2 amide bonds. The number of ether oxygens (including phenoxy) is 1. The molecule has 140 valence electrons. The van der Waals surface area contributed by atoms with Crippen molar-refractivity contribution in [3.63, 3.8) is 0 Å². The molecule has 26 heavy (non-hydrogen) atoms. The van der Waals surface area contributed by atoms with Crippen LogP contribution in [-0.2, 0) is 14.4 Å². The first-order chi connectivity index (χ1) is 12.2. The minimum absolute atomic E-state index is 0.192. The Balaban J connectivity index is 1.67. The number of fused-ring (bicyclic) bond motifs is 1. The summed E-state index contributed by atoms with van der Waals surface area (Å²) in [5.41, 5.74) is 4.27. The molecule has 0 unspecified atom stereocenters. The maximum Gasteiger partial charge on any atom is 0.332 e. The van der Waals surface area contributed by atoms with Crippen LogP contribution >= 0.6 is 11.8 Å². The average Bonchev–Trinajstić information content (AvgIpc) is 2.83. The Labute approximate surface area is 155 Å². The number of nitrogens with one attached hydrogen (secondary N) is 1. The number of aliphatic carboxylic acids is 1. The molecule has 8 nitrogen and oxygen atoms in total. The van der Waals surface area contributed by atoms with Crippen molar-refractivity contribution >= 4 is 29.5 Å². The van der Waals surface area contributed by atoms with Crippen LogP contribution in [0.3, 0.4) is 0 Å². The van der Waals surface area contributed by atoms with Crippen molar-refractivity contribution in [2.75, 3.05) is 13.2 Å². The van der Waals surface area contributed by atoms with Gasteiger partial charge < -0.3 is 25.8 Å². The van der Waals surface area contributed by atoms with Crippen LogP contribution < -0.4 is 15.8 Å². The van der Waals surface area contributed by atoms with E-state index in [1.54, 1.807) is 38.1 Å². The largest absolute Gasteiger partial charge is 0.484 e. The molecule has 0 aliphatic carbocycles. The highest BCUT2D eigenvalue weighted by atomic mass is 32.2. The van der Waals surface area contributed by atoms with Gasteiger partial charge >= 0.3 is 5.97 Å². The van der Waals surface area contributed by atoms with Gasteiger partial charge in [-0.25, -0.2) is 4.79 Å². The van der Waals surface area contributed by atoms with E-state index in [0.29, 0.717) is 5.75 Å². The molecule has 2 aliphatic rings. The monoisotopic (exact) mass is 379 g/mol. The van der Waals surface area contributed by atoms with Gasteiger partial charge in [-0.15, -0.1) is 11.8 Å². The maximum atomic E-state index is 12.6. The molecule has 2 saturated heterocycles. The zero-order chi connectivity index (χ0) is 19.1. The second-order valence-electron chi connectivity index (χ2n) is 6.74. The Bertz CT molecular complexity index is 741. The molecule has 2 fully saturated rings. The average molecular weight is 379 g/mol. The third-order valence-corrected chi connectivity index (χ3v) is 6.60. The fraction of sp³-hybridized carbons (Fsp3) is 0.471. The van der Waals surface area contributed by atoms with Crippen molar-refractivity contribution in [2.24, 2.45) is 5.73 Å². The van der Waals surface area contributed by atoms with Crippen molar-refractivity contribution in [3.05, 3.63) is 30.3 Å². The van der Waals surface area contributed by atoms with E-state index < -0.39 is 39.5 Å². The standard InChI is InChI=1S/C17H21N3O5S/c1-16(2)17(9-18,15(23)24)20-13(22)12(14(20)26-16)19-11(21)8-25-10-6-4-3-5-7-10/h3-7,12,14H,8-9,18H2,1-2H3,(H,19,21)(H,23,24)/t12-,14+,17-/m0/s1. The molecule has 0 spiro atoms.